The number of rotatable bonds is 5. The Labute approximate surface area is 137 Å². The van der Waals surface area contributed by atoms with Crippen LogP contribution >= 0.6 is 0 Å². The standard InChI is InChI=1S/C19H23N3O/c1-2-14-7-3-6-10-17(14)21-16-11-12-20-18(13-16)19(23)22-15-8-4-5-9-15/h3,6-7,10-13,15H,2,4-5,8-9H2,1H3,(H,20,21)(H,22,23). The van der Waals surface area contributed by atoms with Crippen LogP contribution in [-0.2, 0) is 6.42 Å². The minimum absolute atomic E-state index is 0.0793. The van der Waals surface area contributed by atoms with Crippen LogP contribution in [0.4, 0.5) is 11.4 Å². The van der Waals surface area contributed by atoms with Crippen molar-refractivity contribution in [3.63, 3.8) is 0 Å². The highest BCUT2D eigenvalue weighted by atomic mass is 16.1. The van der Waals surface area contributed by atoms with Crippen LogP contribution in [0, 0.1) is 0 Å². The predicted molar refractivity (Wildman–Crippen MR) is 93.1 cm³/mol. The zero-order valence-electron chi connectivity index (χ0n) is 13.5. The highest BCUT2D eigenvalue weighted by Gasteiger charge is 2.18. The zero-order valence-corrected chi connectivity index (χ0v) is 13.5. The van der Waals surface area contributed by atoms with Crippen LogP contribution in [0.25, 0.3) is 0 Å². The molecule has 1 heterocycles. The maximum atomic E-state index is 12.3. The van der Waals surface area contributed by atoms with E-state index in [0.29, 0.717) is 11.7 Å². The summed E-state index contributed by atoms with van der Waals surface area (Å²) < 4.78 is 0. The molecule has 0 aliphatic heterocycles. The number of amides is 1. The van der Waals surface area contributed by atoms with Crippen LogP contribution in [0.5, 0.6) is 0 Å². The molecule has 1 saturated carbocycles. The molecule has 4 nitrogen and oxygen atoms in total. The fourth-order valence-corrected chi connectivity index (χ4v) is 3.07. The fraction of sp³-hybridized carbons (Fsp3) is 0.368. The summed E-state index contributed by atoms with van der Waals surface area (Å²) in [6.07, 6.45) is 7.20. The molecule has 1 fully saturated rings. The van der Waals surface area contributed by atoms with Gasteiger partial charge in [0.15, 0.2) is 0 Å². The SMILES string of the molecule is CCc1ccccc1Nc1ccnc(C(=O)NC2CCCC2)c1. The van der Waals surface area contributed by atoms with Crippen molar-refractivity contribution in [2.75, 3.05) is 5.32 Å². The Morgan fingerprint density at radius 3 is 2.78 bits per heavy atom. The lowest BCUT2D eigenvalue weighted by atomic mass is 10.1. The van der Waals surface area contributed by atoms with E-state index < -0.39 is 0 Å². The fourth-order valence-electron chi connectivity index (χ4n) is 3.07. The van der Waals surface area contributed by atoms with Crippen molar-refractivity contribution in [1.29, 1.82) is 0 Å². The van der Waals surface area contributed by atoms with E-state index in [1.165, 1.54) is 18.4 Å². The minimum Gasteiger partial charge on any atom is -0.355 e. The number of nitrogens with zero attached hydrogens (tertiary/aromatic N) is 1. The number of para-hydroxylation sites is 1. The molecule has 1 aromatic heterocycles. The number of aryl methyl sites for hydroxylation is 1. The van der Waals surface area contributed by atoms with Gasteiger partial charge in [0.1, 0.15) is 5.69 Å². The number of benzene rings is 1. The molecule has 0 atom stereocenters. The van der Waals surface area contributed by atoms with Gasteiger partial charge in [0, 0.05) is 23.6 Å². The molecule has 1 aliphatic rings. The van der Waals surface area contributed by atoms with Gasteiger partial charge in [-0.2, -0.15) is 0 Å². The van der Waals surface area contributed by atoms with Gasteiger partial charge in [-0.3, -0.25) is 9.78 Å². The molecule has 2 N–H and O–H groups in total. The van der Waals surface area contributed by atoms with Gasteiger partial charge in [0.2, 0.25) is 0 Å². The Bertz CT molecular complexity index is 678. The lowest BCUT2D eigenvalue weighted by molar-refractivity contribution is 0.0933. The minimum atomic E-state index is -0.0793. The molecule has 0 unspecified atom stereocenters. The van der Waals surface area contributed by atoms with Gasteiger partial charge in [0.05, 0.1) is 0 Å². The molecular weight excluding hydrogens is 286 g/mol. The number of nitrogens with one attached hydrogen (secondary N) is 2. The van der Waals surface area contributed by atoms with Crippen molar-refractivity contribution in [3.05, 3.63) is 53.9 Å². The molecule has 1 amide bonds. The summed E-state index contributed by atoms with van der Waals surface area (Å²) >= 11 is 0. The molecule has 0 radical (unpaired) electrons. The molecule has 0 bridgehead atoms. The van der Waals surface area contributed by atoms with Gasteiger partial charge in [-0.25, -0.2) is 0 Å². The second kappa shape index (κ2) is 7.27. The lowest BCUT2D eigenvalue weighted by Gasteiger charge is -2.13. The summed E-state index contributed by atoms with van der Waals surface area (Å²) in [6, 6.07) is 12.2. The van der Waals surface area contributed by atoms with Crippen molar-refractivity contribution in [1.82, 2.24) is 10.3 Å². The monoisotopic (exact) mass is 309 g/mol. The van der Waals surface area contributed by atoms with Crippen LogP contribution in [0.1, 0.15) is 48.7 Å². The van der Waals surface area contributed by atoms with Gasteiger partial charge >= 0.3 is 0 Å². The van der Waals surface area contributed by atoms with Gasteiger partial charge in [0.25, 0.3) is 5.91 Å². The Hall–Kier alpha value is -2.36. The first-order valence-corrected chi connectivity index (χ1v) is 8.38. The zero-order chi connectivity index (χ0) is 16.1. The van der Waals surface area contributed by atoms with E-state index >= 15 is 0 Å². The average molecular weight is 309 g/mol. The number of hydrogen-bond acceptors (Lipinski definition) is 3. The van der Waals surface area contributed by atoms with Crippen molar-refractivity contribution >= 4 is 17.3 Å². The summed E-state index contributed by atoms with van der Waals surface area (Å²) in [5, 5.41) is 6.47. The molecule has 2 aromatic rings. The van der Waals surface area contributed by atoms with Gasteiger partial charge < -0.3 is 10.6 Å². The lowest BCUT2D eigenvalue weighted by Crippen LogP contribution is -2.33. The molecule has 3 rings (SSSR count). The topological polar surface area (TPSA) is 54.0 Å². The van der Waals surface area contributed by atoms with E-state index in [0.717, 1.165) is 30.6 Å². The van der Waals surface area contributed by atoms with Crippen molar-refractivity contribution < 1.29 is 4.79 Å². The highest BCUT2D eigenvalue weighted by Crippen LogP contribution is 2.22. The Kier molecular flexibility index (Phi) is 4.91. The highest BCUT2D eigenvalue weighted by molar-refractivity contribution is 5.93. The maximum absolute atomic E-state index is 12.3. The number of aromatic nitrogens is 1. The van der Waals surface area contributed by atoms with Crippen LogP contribution in [0.15, 0.2) is 42.6 Å². The number of hydrogen-bond donors (Lipinski definition) is 2. The Morgan fingerprint density at radius 2 is 2.00 bits per heavy atom. The Balaban J connectivity index is 1.73. The van der Waals surface area contributed by atoms with Gasteiger partial charge in [-0.1, -0.05) is 38.0 Å². The molecule has 1 aromatic carbocycles. The molecule has 0 saturated heterocycles. The number of pyridine rings is 1. The summed E-state index contributed by atoms with van der Waals surface area (Å²) in [4.78, 5) is 16.5. The molecule has 4 heteroatoms. The molecule has 23 heavy (non-hydrogen) atoms. The van der Waals surface area contributed by atoms with E-state index in [-0.39, 0.29) is 5.91 Å². The van der Waals surface area contributed by atoms with E-state index in [9.17, 15) is 4.79 Å². The second-order valence-electron chi connectivity index (χ2n) is 6.02. The number of carbonyl (C=O) groups is 1. The molecule has 0 spiro atoms. The third-order valence-corrected chi connectivity index (χ3v) is 4.36. The first-order chi connectivity index (χ1) is 11.3. The maximum Gasteiger partial charge on any atom is 0.270 e. The van der Waals surface area contributed by atoms with Crippen LogP contribution in [0.3, 0.4) is 0 Å². The number of anilines is 2. The molecule has 120 valence electrons. The first kappa shape index (κ1) is 15.5. The summed E-state index contributed by atoms with van der Waals surface area (Å²) in [7, 11) is 0. The van der Waals surface area contributed by atoms with Gasteiger partial charge in [-0.05, 0) is 43.0 Å². The van der Waals surface area contributed by atoms with Crippen molar-refractivity contribution in [3.8, 4) is 0 Å². The molecule has 1 aliphatic carbocycles. The van der Waals surface area contributed by atoms with E-state index in [2.05, 4.69) is 34.7 Å². The largest absolute Gasteiger partial charge is 0.355 e. The average Bonchev–Trinajstić information content (AvgIpc) is 3.08. The summed E-state index contributed by atoms with van der Waals surface area (Å²) in [5.74, 6) is -0.0793. The van der Waals surface area contributed by atoms with Crippen LogP contribution in [0.2, 0.25) is 0 Å². The smallest absolute Gasteiger partial charge is 0.270 e. The number of carbonyl (C=O) groups excluding carboxylic acids is 1. The molecular formula is C19H23N3O. The normalized spacial score (nSPS) is 14.7. The second-order valence-corrected chi connectivity index (χ2v) is 6.02. The van der Waals surface area contributed by atoms with Crippen molar-refractivity contribution in [2.45, 2.75) is 45.1 Å². The van der Waals surface area contributed by atoms with Crippen molar-refractivity contribution in [2.24, 2.45) is 0 Å². The predicted octanol–water partition coefficient (Wildman–Crippen LogP) is 4.06. The van der Waals surface area contributed by atoms with E-state index in [1.807, 2.05) is 24.3 Å². The van der Waals surface area contributed by atoms with E-state index in [1.54, 1.807) is 6.20 Å². The summed E-state index contributed by atoms with van der Waals surface area (Å²) in [6.45, 7) is 2.13. The van der Waals surface area contributed by atoms with E-state index in [4.69, 9.17) is 0 Å². The van der Waals surface area contributed by atoms with Crippen LogP contribution < -0.4 is 10.6 Å². The quantitative estimate of drug-likeness (QED) is 0.875. The first-order valence-electron chi connectivity index (χ1n) is 8.38. The summed E-state index contributed by atoms with van der Waals surface area (Å²) in [5.41, 5.74) is 3.68. The third-order valence-electron chi connectivity index (χ3n) is 4.36. The van der Waals surface area contributed by atoms with Gasteiger partial charge in [-0.15, -0.1) is 0 Å². The Morgan fingerprint density at radius 1 is 1.22 bits per heavy atom. The van der Waals surface area contributed by atoms with Crippen LogP contribution in [-0.4, -0.2) is 16.9 Å². The third kappa shape index (κ3) is 3.89.